The molecule has 74 valence electrons. The molecule has 6 heteroatoms. The van der Waals surface area contributed by atoms with E-state index in [0.29, 0.717) is 0 Å². The van der Waals surface area contributed by atoms with Crippen LogP contribution >= 0.6 is 0 Å². The second-order valence-electron chi connectivity index (χ2n) is 2.64. The van der Waals surface area contributed by atoms with Crippen LogP contribution in [-0.4, -0.2) is 11.2 Å². The largest absolute Gasteiger partial charge is 0.407 e. The molecule has 2 N–H and O–H groups in total. The Bertz CT molecular complexity index is 367. The summed E-state index contributed by atoms with van der Waals surface area (Å²) < 4.78 is 36.4. The minimum absolute atomic E-state index is 0.0576. The molecule has 0 radical (unpaired) electrons. The van der Waals surface area contributed by atoms with Gasteiger partial charge in [-0.3, -0.25) is 4.98 Å². The average Bonchev–Trinajstić information content (AvgIpc) is 2.15. The first kappa shape index (κ1) is 10.5. The zero-order valence-electron chi connectivity index (χ0n) is 6.92. The molecule has 3 nitrogen and oxygen atoms in total. The van der Waals surface area contributed by atoms with Crippen molar-refractivity contribution in [1.82, 2.24) is 4.98 Å². The highest BCUT2D eigenvalue weighted by Crippen LogP contribution is 2.30. The molecule has 0 aliphatic rings. The number of halogens is 3. The lowest BCUT2D eigenvalue weighted by Gasteiger charge is -2.15. The van der Waals surface area contributed by atoms with E-state index in [4.69, 9.17) is 11.0 Å². The summed E-state index contributed by atoms with van der Waals surface area (Å²) in [5.74, 6) is 0. The Morgan fingerprint density at radius 3 is 2.57 bits per heavy atom. The number of nitriles is 1. The average molecular weight is 201 g/mol. The number of aromatic nitrogens is 1. The molecule has 0 aliphatic carbocycles. The Morgan fingerprint density at radius 2 is 2.07 bits per heavy atom. The Labute approximate surface area is 78.0 Å². The summed E-state index contributed by atoms with van der Waals surface area (Å²) in [7, 11) is 0. The normalized spacial score (nSPS) is 13.4. The minimum atomic E-state index is -4.52. The van der Waals surface area contributed by atoms with E-state index < -0.39 is 12.2 Å². The summed E-state index contributed by atoms with van der Waals surface area (Å²) >= 11 is 0. The maximum atomic E-state index is 12.1. The maximum absolute atomic E-state index is 12.1. The van der Waals surface area contributed by atoms with Gasteiger partial charge >= 0.3 is 6.18 Å². The third-order valence-electron chi connectivity index (χ3n) is 1.60. The van der Waals surface area contributed by atoms with Crippen LogP contribution in [0.5, 0.6) is 0 Å². The topological polar surface area (TPSA) is 62.7 Å². The molecule has 1 aromatic rings. The fourth-order valence-electron chi connectivity index (χ4n) is 0.878. The summed E-state index contributed by atoms with van der Waals surface area (Å²) in [5.41, 5.74) is 4.77. The van der Waals surface area contributed by atoms with Crippen LogP contribution in [0.4, 0.5) is 13.2 Å². The van der Waals surface area contributed by atoms with Crippen molar-refractivity contribution in [3.63, 3.8) is 0 Å². The molecule has 0 bridgehead atoms. The van der Waals surface area contributed by atoms with Crippen molar-refractivity contribution in [2.45, 2.75) is 12.2 Å². The second-order valence-corrected chi connectivity index (χ2v) is 2.64. The fourth-order valence-corrected chi connectivity index (χ4v) is 0.878. The summed E-state index contributed by atoms with van der Waals surface area (Å²) in [4.78, 5) is 3.49. The molecule has 0 fully saturated rings. The standard InChI is InChI=1S/C8H6F3N3/c9-8(10,11)7(13)6-1-5(2-12)3-14-4-6/h1,3-4,7H,13H2. The van der Waals surface area contributed by atoms with Crippen LogP contribution in [0.25, 0.3) is 0 Å². The molecule has 0 aromatic carbocycles. The van der Waals surface area contributed by atoms with Gasteiger partial charge in [-0.05, 0) is 11.6 Å². The number of rotatable bonds is 1. The molecule has 0 saturated carbocycles. The third kappa shape index (κ3) is 2.20. The first-order valence-corrected chi connectivity index (χ1v) is 3.62. The quantitative estimate of drug-likeness (QED) is 0.749. The van der Waals surface area contributed by atoms with E-state index in [2.05, 4.69) is 4.98 Å². The van der Waals surface area contributed by atoms with Crippen LogP contribution < -0.4 is 5.73 Å². The van der Waals surface area contributed by atoms with Crippen molar-refractivity contribution in [1.29, 1.82) is 5.26 Å². The van der Waals surface area contributed by atoms with E-state index in [-0.39, 0.29) is 11.1 Å². The first-order chi connectivity index (χ1) is 6.45. The molecule has 1 atom stereocenters. The van der Waals surface area contributed by atoms with Crippen molar-refractivity contribution >= 4 is 0 Å². The number of hydrogen-bond donors (Lipinski definition) is 1. The highest BCUT2D eigenvalue weighted by Gasteiger charge is 2.38. The Hall–Kier alpha value is -1.61. The summed E-state index contributed by atoms with van der Waals surface area (Å²) in [5, 5.41) is 8.43. The maximum Gasteiger partial charge on any atom is 0.407 e. The van der Waals surface area contributed by atoms with Crippen LogP contribution in [0.3, 0.4) is 0 Å². The minimum Gasteiger partial charge on any atom is -0.316 e. The summed E-state index contributed by atoms with van der Waals surface area (Å²) in [6.45, 7) is 0. The van der Waals surface area contributed by atoms with E-state index in [1.165, 1.54) is 6.20 Å². The highest BCUT2D eigenvalue weighted by atomic mass is 19.4. The zero-order valence-corrected chi connectivity index (χ0v) is 6.92. The van der Waals surface area contributed by atoms with Gasteiger partial charge in [-0.1, -0.05) is 0 Å². The number of nitrogens with zero attached hydrogens (tertiary/aromatic N) is 2. The lowest BCUT2D eigenvalue weighted by atomic mass is 10.1. The van der Waals surface area contributed by atoms with E-state index >= 15 is 0 Å². The molecule has 0 spiro atoms. The number of nitrogens with two attached hydrogens (primary N) is 1. The molecule has 1 rings (SSSR count). The lowest BCUT2D eigenvalue weighted by molar-refractivity contribution is -0.149. The SMILES string of the molecule is N#Cc1cncc(C(N)C(F)(F)F)c1. The first-order valence-electron chi connectivity index (χ1n) is 3.62. The van der Waals surface area contributed by atoms with Crippen LogP contribution in [0, 0.1) is 11.3 Å². The predicted octanol–water partition coefficient (Wildman–Crippen LogP) is 1.52. The molecular weight excluding hydrogens is 195 g/mol. The lowest BCUT2D eigenvalue weighted by Crippen LogP contribution is -2.28. The number of hydrogen-bond acceptors (Lipinski definition) is 3. The van der Waals surface area contributed by atoms with E-state index in [1.807, 2.05) is 0 Å². The van der Waals surface area contributed by atoms with Gasteiger partial charge in [0, 0.05) is 12.4 Å². The third-order valence-corrected chi connectivity index (χ3v) is 1.60. The van der Waals surface area contributed by atoms with Crippen molar-refractivity contribution in [2.24, 2.45) is 5.73 Å². The van der Waals surface area contributed by atoms with Gasteiger partial charge in [-0.15, -0.1) is 0 Å². The second kappa shape index (κ2) is 3.64. The Balaban J connectivity index is 3.03. The van der Waals surface area contributed by atoms with Gasteiger partial charge in [0.25, 0.3) is 0 Å². The molecule has 0 saturated heterocycles. The van der Waals surface area contributed by atoms with Crippen LogP contribution in [-0.2, 0) is 0 Å². The van der Waals surface area contributed by atoms with Gasteiger partial charge in [0.1, 0.15) is 12.1 Å². The fraction of sp³-hybridized carbons (Fsp3) is 0.250. The molecule has 1 aromatic heterocycles. The van der Waals surface area contributed by atoms with Gasteiger partial charge in [0.05, 0.1) is 5.56 Å². The Morgan fingerprint density at radius 1 is 1.43 bits per heavy atom. The summed E-state index contributed by atoms with van der Waals surface area (Å²) in [6, 6.07) is 0.669. The van der Waals surface area contributed by atoms with Crippen molar-refractivity contribution < 1.29 is 13.2 Å². The van der Waals surface area contributed by atoms with Gasteiger partial charge in [0.15, 0.2) is 0 Å². The number of alkyl halides is 3. The van der Waals surface area contributed by atoms with E-state index in [1.54, 1.807) is 6.07 Å². The van der Waals surface area contributed by atoms with Crippen molar-refractivity contribution in [3.05, 3.63) is 29.6 Å². The molecular formula is C8H6F3N3. The van der Waals surface area contributed by atoms with Gasteiger partial charge in [0.2, 0.25) is 0 Å². The molecule has 1 heterocycles. The zero-order chi connectivity index (χ0) is 10.8. The van der Waals surface area contributed by atoms with E-state index in [9.17, 15) is 13.2 Å². The van der Waals surface area contributed by atoms with Crippen LogP contribution in [0.15, 0.2) is 18.5 Å². The monoisotopic (exact) mass is 201 g/mol. The molecule has 0 aliphatic heterocycles. The highest BCUT2D eigenvalue weighted by molar-refractivity contribution is 5.30. The molecule has 14 heavy (non-hydrogen) atoms. The summed E-state index contributed by atoms with van der Waals surface area (Å²) in [6.07, 6.45) is -2.35. The van der Waals surface area contributed by atoms with Gasteiger partial charge in [-0.25, -0.2) is 0 Å². The van der Waals surface area contributed by atoms with Crippen molar-refractivity contribution in [3.8, 4) is 6.07 Å². The van der Waals surface area contributed by atoms with Gasteiger partial charge in [-0.2, -0.15) is 18.4 Å². The van der Waals surface area contributed by atoms with E-state index in [0.717, 1.165) is 12.3 Å². The smallest absolute Gasteiger partial charge is 0.316 e. The van der Waals surface area contributed by atoms with Crippen LogP contribution in [0.1, 0.15) is 17.2 Å². The van der Waals surface area contributed by atoms with Gasteiger partial charge < -0.3 is 5.73 Å². The molecule has 1 unspecified atom stereocenters. The predicted molar refractivity (Wildman–Crippen MR) is 41.9 cm³/mol. The Kier molecular flexibility index (Phi) is 2.72. The molecule has 0 amide bonds. The van der Waals surface area contributed by atoms with Crippen LogP contribution in [0.2, 0.25) is 0 Å². The number of pyridine rings is 1. The van der Waals surface area contributed by atoms with Crippen molar-refractivity contribution in [2.75, 3.05) is 0 Å².